The van der Waals surface area contributed by atoms with Crippen molar-refractivity contribution in [3.8, 4) is 0 Å². The second-order valence-corrected chi connectivity index (χ2v) is 24.8. The van der Waals surface area contributed by atoms with Gasteiger partial charge in [0.05, 0.1) is 34.4 Å². The molecule has 2 atom stereocenters. The summed E-state index contributed by atoms with van der Waals surface area (Å²) in [5.41, 5.74) is 0. The Morgan fingerprint density at radius 1 is 0.373 bits per heavy atom. The summed E-state index contributed by atoms with van der Waals surface area (Å²) in [6.45, 7) is 4.82. The number of carbonyl (C=O) groups is 3. The number of nitrogens with zero attached hydrogens (tertiary/aromatic N) is 1. The lowest BCUT2D eigenvalue weighted by Crippen LogP contribution is -2.40. The minimum Gasteiger partial charge on any atom is -0.477 e. The van der Waals surface area contributed by atoms with Crippen LogP contribution in [0.15, 0.2) is 72.9 Å². The summed E-state index contributed by atoms with van der Waals surface area (Å²) in [4.78, 5) is 37.6. The number of quaternary nitrogens is 1. The van der Waals surface area contributed by atoms with Gasteiger partial charge in [-0.25, -0.2) is 4.79 Å². The highest BCUT2D eigenvalue weighted by Crippen LogP contribution is 2.18. The first kappa shape index (κ1) is 79.7. The summed E-state index contributed by atoms with van der Waals surface area (Å²) in [5.74, 6) is -1.98. The first-order valence-electron chi connectivity index (χ1n) is 35.1. The van der Waals surface area contributed by atoms with E-state index in [1.165, 1.54) is 218 Å². The first-order valence-corrected chi connectivity index (χ1v) is 35.1. The number of hydrogen-bond donors (Lipinski definition) is 1. The molecule has 0 aromatic rings. The molecule has 1 N–H and O–H groups in total. The average molecular weight is 1170 g/mol. The third-order valence-corrected chi connectivity index (χ3v) is 15.5. The van der Waals surface area contributed by atoms with Gasteiger partial charge < -0.3 is 28.5 Å². The van der Waals surface area contributed by atoms with E-state index in [1.54, 1.807) is 0 Å². The van der Waals surface area contributed by atoms with Gasteiger partial charge in [0.1, 0.15) is 13.2 Å². The van der Waals surface area contributed by atoms with Crippen molar-refractivity contribution in [3.05, 3.63) is 72.9 Å². The number of ether oxygens (including phenoxy) is 4. The van der Waals surface area contributed by atoms with Gasteiger partial charge in [0, 0.05) is 12.8 Å². The zero-order chi connectivity index (χ0) is 60.5. The maximum absolute atomic E-state index is 12.9. The third-order valence-electron chi connectivity index (χ3n) is 15.5. The zero-order valence-corrected chi connectivity index (χ0v) is 55.1. The number of likely N-dealkylation sites (N-methyl/N-ethyl adjacent to an activating group) is 1. The van der Waals surface area contributed by atoms with Gasteiger partial charge in [0.2, 0.25) is 0 Å². The third kappa shape index (κ3) is 66.1. The molecule has 0 aliphatic rings. The van der Waals surface area contributed by atoms with Crippen LogP contribution >= 0.6 is 0 Å². The van der Waals surface area contributed by atoms with E-state index >= 15 is 0 Å². The molecule has 0 heterocycles. The molecule has 0 saturated heterocycles. The van der Waals surface area contributed by atoms with Gasteiger partial charge in [-0.15, -0.1) is 0 Å². The van der Waals surface area contributed by atoms with E-state index in [0.717, 1.165) is 77.0 Å². The Morgan fingerprint density at radius 2 is 0.687 bits per heavy atom. The van der Waals surface area contributed by atoms with Gasteiger partial charge >= 0.3 is 17.9 Å². The highest BCUT2D eigenvalue weighted by Gasteiger charge is 2.25. The second kappa shape index (κ2) is 64.7. The van der Waals surface area contributed by atoms with Gasteiger partial charge in [-0.1, -0.05) is 318 Å². The van der Waals surface area contributed by atoms with Crippen molar-refractivity contribution in [3.63, 3.8) is 0 Å². The molecule has 0 aromatic carbocycles. The Morgan fingerprint density at radius 3 is 1.02 bits per heavy atom. The average Bonchev–Trinajstić information content (AvgIpc) is 3.46. The van der Waals surface area contributed by atoms with Gasteiger partial charge in [0.25, 0.3) is 6.29 Å². The van der Waals surface area contributed by atoms with E-state index in [1.807, 2.05) is 21.1 Å². The predicted octanol–water partition coefficient (Wildman–Crippen LogP) is 21.7. The van der Waals surface area contributed by atoms with Crippen LogP contribution in [0.2, 0.25) is 0 Å². The fraction of sp³-hybridized carbons (Fsp3) is 0.797. The lowest BCUT2D eigenvalue weighted by atomic mass is 10.0. The lowest BCUT2D eigenvalue weighted by molar-refractivity contribution is -0.870. The molecule has 9 heteroatoms. The Balaban J connectivity index is 4.08. The van der Waals surface area contributed by atoms with Crippen molar-refractivity contribution in [1.29, 1.82) is 0 Å². The second-order valence-electron chi connectivity index (χ2n) is 24.8. The number of hydrogen-bond acceptors (Lipinski definition) is 7. The summed E-state index contributed by atoms with van der Waals surface area (Å²) in [6, 6.07) is 0. The highest BCUT2D eigenvalue weighted by molar-refractivity contribution is 5.71. The van der Waals surface area contributed by atoms with Crippen molar-refractivity contribution in [2.75, 3.05) is 47.5 Å². The maximum atomic E-state index is 12.9. The van der Waals surface area contributed by atoms with Crippen LogP contribution in [0.5, 0.6) is 0 Å². The SMILES string of the molecule is CC/C=C\C/C=C\C/C=C\C/C=C\C/C=C\C/C=C\CCCCCCCCCCCCCCCCCCC(=O)OC(COC(=O)CCCCCCCCCCCCCCCCCCCCCCCCC)COC(OCC[N+](C)(C)C)C(=O)O. The summed E-state index contributed by atoms with van der Waals surface area (Å²) in [6.07, 6.45) is 83.0. The molecule has 0 rings (SSSR count). The van der Waals surface area contributed by atoms with Gasteiger partial charge in [-0.3, -0.25) is 9.59 Å². The highest BCUT2D eigenvalue weighted by atomic mass is 16.7. The van der Waals surface area contributed by atoms with E-state index in [-0.39, 0.29) is 38.2 Å². The van der Waals surface area contributed by atoms with Crippen LogP contribution in [0.25, 0.3) is 0 Å². The summed E-state index contributed by atoms with van der Waals surface area (Å²) < 4.78 is 23.0. The zero-order valence-electron chi connectivity index (χ0n) is 55.1. The first-order chi connectivity index (χ1) is 40.6. The van der Waals surface area contributed by atoms with Gasteiger partial charge in [-0.2, -0.15) is 0 Å². The molecule has 0 amide bonds. The van der Waals surface area contributed by atoms with Crippen LogP contribution < -0.4 is 0 Å². The number of carboxylic acid groups (broad SMARTS) is 1. The molecule has 0 aromatic heterocycles. The number of allylic oxidation sites excluding steroid dienone is 12. The molecule has 0 fully saturated rings. The molecule has 2 unspecified atom stereocenters. The number of rotatable bonds is 65. The van der Waals surface area contributed by atoms with E-state index in [2.05, 4.69) is 86.8 Å². The Labute approximate surface area is 513 Å². The normalized spacial score (nSPS) is 13.1. The van der Waals surface area contributed by atoms with Crippen molar-refractivity contribution < 1.29 is 42.9 Å². The van der Waals surface area contributed by atoms with E-state index in [9.17, 15) is 19.5 Å². The van der Waals surface area contributed by atoms with Crippen LogP contribution in [-0.2, 0) is 33.3 Å². The topological polar surface area (TPSA) is 108 Å². The largest absolute Gasteiger partial charge is 0.477 e. The standard InChI is InChI=1S/C74H133NO8/c1-6-8-10-12-14-16-18-20-22-24-26-28-30-31-32-33-34-35-36-37-38-39-40-41-43-45-47-49-51-53-55-57-59-61-63-65-72(77)83-70(69-82-74(73(78)79)80-67-66-75(3,4)5)68-81-71(76)64-62-60-58-56-54-52-50-48-46-44-42-29-27-25-23-21-19-17-15-13-11-9-7-2/h8,10,14,16,20,22,26,28,31-32,34-35,70,74H,6-7,9,11-13,15,17-19,21,23-25,27,29-30,33,36-69H2,1-5H3/p+1/b10-8-,16-14-,22-20-,28-26-,32-31-,35-34-. The van der Waals surface area contributed by atoms with Crippen molar-refractivity contribution in [2.24, 2.45) is 0 Å². The minimum absolute atomic E-state index is 0.179. The molecular weight excluding hydrogens is 1030 g/mol. The van der Waals surface area contributed by atoms with Gasteiger partial charge in [0.15, 0.2) is 6.10 Å². The van der Waals surface area contributed by atoms with Crippen molar-refractivity contribution in [2.45, 2.75) is 334 Å². The summed E-state index contributed by atoms with van der Waals surface area (Å²) in [7, 11) is 5.99. The molecule has 0 radical (unpaired) electrons. The van der Waals surface area contributed by atoms with Crippen molar-refractivity contribution >= 4 is 17.9 Å². The smallest absolute Gasteiger partial charge is 0.361 e. The number of unbranched alkanes of at least 4 members (excludes halogenated alkanes) is 38. The van der Waals surface area contributed by atoms with E-state index < -0.39 is 18.4 Å². The quantitative estimate of drug-likeness (QED) is 0.0211. The van der Waals surface area contributed by atoms with Crippen LogP contribution in [0.4, 0.5) is 0 Å². The molecular formula is C74H134NO8+. The number of carboxylic acids is 1. The number of carbonyl (C=O) groups excluding carboxylic acids is 2. The number of aliphatic carboxylic acids is 1. The van der Waals surface area contributed by atoms with Crippen LogP contribution in [0.3, 0.4) is 0 Å². The van der Waals surface area contributed by atoms with E-state index in [4.69, 9.17) is 18.9 Å². The van der Waals surface area contributed by atoms with Gasteiger partial charge in [-0.05, 0) is 64.2 Å². The molecule has 482 valence electrons. The predicted molar refractivity (Wildman–Crippen MR) is 355 cm³/mol. The minimum atomic E-state index is -1.51. The number of esters is 2. The Kier molecular flexibility index (Phi) is 62.2. The summed E-state index contributed by atoms with van der Waals surface area (Å²) in [5, 5.41) is 9.74. The van der Waals surface area contributed by atoms with Crippen LogP contribution in [0, 0.1) is 0 Å². The Hall–Kier alpha value is -3.27. The lowest BCUT2D eigenvalue weighted by Gasteiger charge is -2.25. The molecule has 0 aliphatic heterocycles. The van der Waals surface area contributed by atoms with E-state index in [0.29, 0.717) is 17.4 Å². The molecule has 0 bridgehead atoms. The molecule has 0 spiro atoms. The molecule has 83 heavy (non-hydrogen) atoms. The van der Waals surface area contributed by atoms with Crippen LogP contribution in [0.1, 0.15) is 322 Å². The fourth-order valence-electron chi connectivity index (χ4n) is 10.1. The molecule has 0 saturated carbocycles. The summed E-state index contributed by atoms with van der Waals surface area (Å²) >= 11 is 0. The maximum Gasteiger partial charge on any atom is 0.361 e. The van der Waals surface area contributed by atoms with Crippen LogP contribution in [-0.4, -0.2) is 87.4 Å². The fourth-order valence-corrected chi connectivity index (χ4v) is 10.1. The molecule has 9 nitrogen and oxygen atoms in total. The van der Waals surface area contributed by atoms with Crippen molar-refractivity contribution in [1.82, 2.24) is 0 Å². The monoisotopic (exact) mass is 1170 g/mol. The molecule has 0 aliphatic carbocycles. The Bertz CT molecular complexity index is 1590.